The molecule has 4 heteroatoms. The van der Waals surface area contributed by atoms with Gasteiger partial charge in [0.2, 0.25) is 0 Å². The summed E-state index contributed by atoms with van der Waals surface area (Å²) in [6.07, 6.45) is 7.15. The lowest BCUT2D eigenvalue weighted by atomic mass is 9.90. The summed E-state index contributed by atoms with van der Waals surface area (Å²) in [5, 5.41) is 0. The maximum Gasteiger partial charge on any atom is 0.0812 e. The monoisotopic (exact) mass is 350 g/mol. The fourth-order valence-electron chi connectivity index (χ4n) is 3.04. The van der Waals surface area contributed by atoms with Crippen LogP contribution < -0.4 is 0 Å². The molecule has 0 N–H and O–H groups in total. The second-order valence-electron chi connectivity index (χ2n) is 6.44. The first kappa shape index (κ1) is 16.8. The van der Waals surface area contributed by atoms with E-state index < -0.39 is 0 Å². The Morgan fingerprint density at radius 1 is 0.696 bits per heavy atom. The average Bonchev–Trinajstić information content (AvgIpc) is 3.39. The van der Waals surface area contributed by atoms with Crippen LogP contribution in [0.4, 0.5) is 7.77 Å². The largest absolute Gasteiger partial charge is 0.160 e. The maximum atomic E-state index is 12.4. The molecule has 0 radical (unpaired) electrons. The van der Waals surface area contributed by atoms with E-state index >= 15 is 0 Å². The number of halogens is 2. The minimum atomic E-state index is 0.297. The molecule has 0 spiro atoms. The summed E-state index contributed by atoms with van der Waals surface area (Å²) in [6, 6.07) is 15.5. The van der Waals surface area contributed by atoms with Crippen LogP contribution in [0, 0.1) is 5.41 Å². The molecule has 1 saturated carbocycles. The van der Waals surface area contributed by atoms with Crippen LogP contribution in [-0.2, 0) is 12.8 Å². The molecular formula is C19H20F2S2. The molecule has 0 unspecified atom stereocenters. The van der Waals surface area contributed by atoms with Gasteiger partial charge in [0.25, 0.3) is 0 Å². The summed E-state index contributed by atoms with van der Waals surface area (Å²) in [5.74, 6) is 0. The molecule has 0 saturated heterocycles. The van der Waals surface area contributed by atoms with E-state index in [-0.39, 0.29) is 0 Å². The number of rotatable bonds is 8. The van der Waals surface area contributed by atoms with Crippen molar-refractivity contribution in [2.45, 2.75) is 48.3 Å². The molecule has 0 aliphatic heterocycles. The van der Waals surface area contributed by atoms with Gasteiger partial charge in [-0.2, -0.15) is 7.77 Å². The van der Waals surface area contributed by atoms with Crippen molar-refractivity contribution >= 4 is 24.3 Å². The smallest absolute Gasteiger partial charge is 0.0812 e. The predicted octanol–water partition coefficient (Wildman–Crippen LogP) is 6.99. The molecule has 23 heavy (non-hydrogen) atoms. The zero-order valence-corrected chi connectivity index (χ0v) is 14.6. The second kappa shape index (κ2) is 7.71. The molecule has 0 aromatic heterocycles. The topological polar surface area (TPSA) is 0 Å². The van der Waals surface area contributed by atoms with Crippen molar-refractivity contribution < 1.29 is 7.77 Å². The van der Waals surface area contributed by atoms with Crippen LogP contribution in [-0.4, -0.2) is 0 Å². The summed E-state index contributed by atoms with van der Waals surface area (Å²) >= 11 is 0.594. The van der Waals surface area contributed by atoms with Gasteiger partial charge in [-0.3, -0.25) is 0 Å². The van der Waals surface area contributed by atoms with Gasteiger partial charge in [0.1, 0.15) is 0 Å². The van der Waals surface area contributed by atoms with Gasteiger partial charge in [-0.15, -0.1) is 0 Å². The van der Waals surface area contributed by atoms with Gasteiger partial charge in [-0.1, -0.05) is 24.3 Å². The van der Waals surface area contributed by atoms with Crippen LogP contribution in [0.5, 0.6) is 0 Å². The third kappa shape index (κ3) is 4.74. The van der Waals surface area contributed by atoms with Gasteiger partial charge < -0.3 is 0 Å². The van der Waals surface area contributed by atoms with Gasteiger partial charge in [0, 0.05) is 9.79 Å². The quantitative estimate of drug-likeness (QED) is 0.503. The van der Waals surface area contributed by atoms with E-state index in [2.05, 4.69) is 0 Å². The molecule has 0 amide bonds. The SMILES string of the molecule is FSc1ccc(CCC2(CCc3ccc(SF)cc3)CC2)cc1. The highest BCUT2D eigenvalue weighted by atomic mass is 32.2. The summed E-state index contributed by atoms with van der Waals surface area (Å²) < 4.78 is 24.9. The third-order valence-electron chi connectivity index (χ3n) is 4.87. The van der Waals surface area contributed by atoms with Gasteiger partial charge in [0.15, 0.2) is 0 Å². The Hall–Kier alpha value is -1.00. The van der Waals surface area contributed by atoms with Crippen LogP contribution in [0.3, 0.4) is 0 Å². The normalized spacial score (nSPS) is 15.6. The van der Waals surface area contributed by atoms with Crippen LogP contribution in [0.2, 0.25) is 0 Å². The minimum absolute atomic E-state index is 0.297. The van der Waals surface area contributed by atoms with Crippen LogP contribution in [0.1, 0.15) is 36.8 Å². The molecule has 0 bridgehead atoms. The minimum Gasteiger partial charge on any atom is -0.160 e. The number of benzene rings is 2. The third-order valence-corrected chi connectivity index (χ3v) is 5.77. The van der Waals surface area contributed by atoms with Gasteiger partial charge in [0.05, 0.1) is 24.3 Å². The van der Waals surface area contributed by atoms with E-state index in [1.54, 1.807) is 0 Å². The fraction of sp³-hybridized carbons (Fsp3) is 0.368. The standard InChI is InChI=1S/C19H20F2S2/c20-22-17-5-1-15(2-6-17)9-11-19(13-14-19)12-10-16-3-7-18(23-21)8-4-16/h1-8H,9-14H2. The lowest BCUT2D eigenvalue weighted by Gasteiger charge is -2.15. The summed E-state index contributed by atoms with van der Waals surface area (Å²) in [6.45, 7) is 0. The van der Waals surface area contributed by atoms with Gasteiger partial charge in [-0.25, -0.2) is 0 Å². The maximum absolute atomic E-state index is 12.4. The average molecular weight is 350 g/mol. The van der Waals surface area contributed by atoms with Crippen molar-refractivity contribution in [2.24, 2.45) is 5.41 Å². The van der Waals surface area contributed by atoms with E-state index in [4.69, 9.17) is 0 Å². The Kier molecular flexibility index (Phi) is 5.65. The molecule has 3 rings (SSSR count). The highest BCUT2D eigenvalue weighted by molar-refractivity contribution is 7.94. The predicted molar refractivity (Wildman–Crippen MR) is 95.1 cm³/mol. The van der Waals surface area contributed by atoms with Crippen molar-refractivity contribution in [2.75, 3.05) is 0 Å². The van der Waals surface area contributed by atoms with Crippen LogP contribution in [0.25, 0.3) is 0 Å². The highest BCUT2D eigenvalue weighted by Crippen LogP contribution is 2.53. The summed E-state index contributed by atoms with van der Waals surface area (Å²) in [7, 11) is 0. The van der Waals surface area contributed by atoms with Crippen molar-refractivity contribution in [3.8, 4) is 0 Å². The molecule has 0 nitrogen and oxygen atoms in total. The van der Waals surface area contributed by atoms with Crippen molar-refractivity contribution in [3.63, 3.8) is 0 Å². The summed E-state index contributed by atoms with van der Waals surface area (Å²) in [5.41, 5.74) is 3.07. The fourth-order valence-corrected chi connectivity index (χ4v) is 3.51. The van der Waals surface area contributed by atoms with E-state index in [9.17, 15) is 7.77 Å². The molecular weight excluding hydrogens is 330 g/mol. The Labute approximate surface area is 145 Å². The zero-order chi connectivity index (χ0) is 16.1. The molecule has 1 fully saturated rings. The zero-order valence-electron chi connectivity index (χ0n) is 12.9. The summed E-state index contributed by atoms with van der Waals surface area (Å²) in [4.78, 5) is 1.34. The molecule has 0 atom stereocenters. The number of hydrogen-bond donors (Lipinski definition) is 0. The lowest BCUT2D eigenvalue weighted by molar-refractivity contribution is 0.429. The molecule has 1 aliphatic rings. The first-order valence-electron chi connectivity index (χ1n) is 7.98. The van der Waals surface area contributed by atoms with Crippen molar-refractivity contribution in [1.82, 2.24) is 0 Å². The Balaban J connectivity index is 1.49. The van der Waals surface area contributed by atoms with E-state index in [0.29, 0.717) is 39.5 Å². The van der Waals surface area contributed by atoms with Crippen molar-refractivity contribution in [3.05, 3.63) is 59.7 Å². The molecule has 1 aliphatic carbocycles. The Morgan fingerprint density at radius 2 is 1.09 bits per heavy atom. The van der Waals surface area contributed by atoms with E-state index in [1.807, 2.05) is 48.5 Å². The first-order valence-corrected chi connectivity index (χ1v) is 9.41. The number of aryl methyl sites for hydroxylation is 2. The van der Waals surface area contributed by atoms with Crippen LogP contribution >= 0.6 is 24.3 Å². The van der Waals surface area contributed by atoms with Gasteiger partial charge in [-0.05, 0) is 79.3 Å². The molecule has 2 aromatic rings. The lowest BCUT2D eigenvalue weighted by Crippen LogP contribution is -2.04. The number of hydrogen-bond acceptors (Lipinski definition) is 2. The van der Waals surface area contributed by atoms with E-state index in [0.717, 1.165) is 12.8 Å². The highest BCUT2D eigenvalue weighted by Gasteiger charge is 2.41. The Morgan fingerprint density at radius 3 is 1.39 bits per heavy atom. The van der Waals surface area contributed by atoms with E-state index in [1.165, 1.54) is 36.8 Å². The molecule has 0 heterocycles. The second-order valence-corrected chi connectivity index (χ2v) is 7.69. The molecule has 122 valence electrons. The van der Waals surface area contributed by atoms with Crippen LogP contribution in [0.15, 0.2) is 58.3 Å². The Bertz CT molecular complexity index is 565. The first-order chi connectivity index (χ1) is 11.2. The van der Waals surface area contributed by atoms with Gasteiger partial charge >= 0.3 is 0 Å². The molecule has 2 aromatic carbocycles. The van der Waals surface area contributed by atoms with Crippen molar-refractivity contribution in [1.29, 1.82) is 0 Å².